The third-order valence-electron chi connectivity index (χ3n) is 3.54. The van der Waals surface area contributed by atoms with Gasteiger partial charge in [0.25, 0.3) is 5.91 Å². The molecule has 0 fully saturated rings. The Hall–Kier alpha value is -2.24. The summed E-state index contributed by atoms with van der Waals surface area (Å²) < 4.78 is 26.8. The third kappa shape index (κ3) is 4.13. The van der Waals surface area contributed by atoms with Gasteiger partial charge in [0, 0.05) is 19.0 Å². The molecule has 2 amide bonds. The van der Waals surface area contributed by atoms with Crippen LogP contribution < -0.4 is 10.6 Å². The van der Waals surface area contributed by atoms with Crippen LogP contribution in [-0.4, -0.2) is 24.9 Å². The fraction of sp³-hybridized carbons (Fsp3) is 0.375. The summed E-state index contributed by atoms with van der Waals surface area (Å²) in [6, 6.07) is 3.24. The number of benzene rings is 1. The third-order valence-corrected chi connectivity index (χ3v) is 3.54. The lowest BCUT2D eigenvalue weighted by Crippen LogP contribution is -2.38. The molecule has 2 N–H and O–H groups in total. The number of nitrogens with one attached hydrogen (secondary N) is 2. The Kier molecular flexibility index (Phi) is 5.63. The Morgan fingerprint density at radius 3 is 2.41 bits per heavy atom. The molecule has 1 unspecified atom stereocenters. The van der Waals surface area contributed by atoms with Crippen LogP contribution in [0.3, 0.4) is 0 Å². The van der Waals surface area contributed by atoms with Gasteiger partial charge in [0.1, 0.15) is 17.2 Å². The van der Waals surface area contributed by atoms with E-state index in [9.17, 15) is 18.4 Å². The first kappa shape index (κ1) is 16.1. The van der Waals surface area contributed by atoms with Crippen molar-refractivity contribution in [2.24, 2.45) is 5.92 Å². The van der Waals surface area contributed by atoms with Crippen molar-refractivity contribution in [3.63, 3.8) is 0 Å². The number of hydrogen-bond donors (Lipinski definition) is 2. The second kappa shape index (κ2) is 7.68. The molecule has 1 aliphatic carbocycles. The van der Waals surface area contributed by atoms with E-state index >= 15 is 0 Å². The van der Waals surface area contributed by atoms with Crippen LogP contribution in [0.4, 0.5) is 8.78 Å². The molecule has 22 heavy (non-hydrogen) atoms. The van der Waals surface area contributed by atoms with E-state index in [2.05, 4.69) is 10.6 Å². The number of carbonyl (C=O) groups excluding carboxylic acids is 2. The van der Waals surface area contributed by atoms with E-state index in [1.165, 1.54) is 6.07 Å². The van der Waals surface area contributed by atoms with Crippen molar-refractivity contribution in [1.82, 2.24) is 10.6 Å². The lowest BCUT2D eigenvalue weighted by atomic mass is 9.94. The summed E-state index contributed by atoms with van der Waals surface area (Å²) in [4.78, 5) is 23.6. The van der Waals surface area contributed by atoms with Gasteiger partial charge in [0.15, 0.2) is 0 Å². The highest BCUT2D eigenvalue weighted by atomic mass is 19.1. The molecule has 1 aliphatic rings. The van der Waals surface area contributed by atoms with Gasteiger partial charge < -0.3 is 10.6 Å². The van der Waals surface area contributed by atoms with Gasteiger partial charge in [0.05, 0.1) is 0 Å². The van der Waals surface area contributed by atoms with Crippen molar-refractivity contribution >= 4 is 11.8 Å². The van der Waals surface area contributed by atoms with E-state index in [0.29, 0.717) is 0 Å². The van der Waals surface area contributed by atoms with Gasteiger partial charge in [-0.2, -0.15) is 0 Å². The van der Waals surface area contributed by atoms with E-state index in [1.54, 1.807) is 0 Å². The highest BCUT2D eigenvalue weighted by molar-refractivity contribution is 5.94. The van der Waals surface area contributed by atoms with Crippen molar-refractivity contribution in [2.45, 2.75) is 19.3 Å². The van der Waals surface area contributed by atoms with Gasteiger partial charge in [-0.15, -0.1) is 0 Å². The van der Waals surface area contributed by atoms with Crippen LogP contribution >= 0.6 is 0 Å². The van der Waals surface area contributed by atoms with Gasteiger partial charge in [-0.1, -0.05) is 18.2 Å². The minimum Gasteiger partial charge on any atom is -0.354 e. The van der Waals surface area contributed by atoms with Gasteiger partial charge in [-0.25, -0.2) is 8.78 Å². The van der Waals surface area contributed by atoms with E-state index in [1.807, 2.05) is 12.2 Å². The summed E-state index contributed by atoms with van der Waals surface area (Å²) in [6.45, 7) is 0.335. The summed E-state index contributed by atoms with van der Waals surface area (Å²) in [7, 11) is 0. The normalized spacial score (nSPS) is 17.1. The van der Waals surface area contributed by atoms with Crippen molar-refractivity contribution in [3.05, 3.63) is 47.5 Å². The van der Waals surface area contributed by atoms with Crippen LogP contribution in [0.2, 0.25) is 0 Å². The van der Waals surface area contributed by atoms with E-state index < -0.39 is 23.1 Å². The molecular formula is C16H18F2N2O2. The molecule has 1 aromatic carbocycles. The largest absolute Gasteiger partial charge is 0.354 e. The molecule has 0 saturated heterocycles. The molecule has 118 valence electrons. The van der Waals surface area contributed by atoms with Gasteiger partial charge >= 0.3 is 0 Å². The number of carbonyl (C=O) groups is 2. The molecule has 1 atom stereocenters. The minimum absolute atomic E-state index is 0.0373. The fourth-order valence-electron chi connectivity index (χ4n) is 2.34. The number of hydrogen-bond acceptors (Lipinski definition) is 2. The molecule has 0 saturated carbocycles. The van der Waals surface area contributed by atoms with E-state index in [0.717, 1.165) is 31.4 Å². The molecule has 1 aromatic rings. The molecule has 0 aromatic heterocycles. The van der Waals surface area contributed by atoms with Crippen LogP contribution in [0.5, 0.6) is 0 Å². The molecule has 0 spiro atoms. The molecule has 0 heterocycles. The fourth-order valence-corrected chi connectivity index (χ4v) is 2.34. The summed E-state index contributed by atoms with van der Waals surface area (Å²) in [5.41, 5.74) is -0.605. The average Bonchev–Trinajstić information content (AvgIpc) is 2.52. The second-order valence-electron chi connectivity index (χ2n) is 5.12. The first-order valence-electron chi connectivity index (χ1n) is 7.24. The average molecular weight is 308 g/mol. The van der Waals surface area contributed by atoms with Gasteiger partial charge in [-0.05, 0) is 31.4 Å². The first-order valence-corrected chi connectivity index (χ1v) is 7.24. The topological polar surface area (TPSA) is 58.2 Å². The number of halogens is 2. The maximum atomic E-state index is 13.4. The highest BCUT2D eigenvalue weighted by Crippen LogP contribution is 2.17. The lowest BCUT2D eigenvalue weighted by Gasteiger charge is -2.17. The Labute approximate surface area is 127 Å². The molecule has 6 heteroatoms. The quantitative estimate of drug-likeness (QED) is 0.647. The monoisotopic (exact) mass is 308 g/mol. The summed E-state index contributed by atoms with van der Waals surface area (Å²) >= 11 is 0. The molecule has 4 nitrogen and oxygen atoms in total. The maximum Gasteiger partial charge on any atom is 0.257 e. The smallest absolute Gasteiger partial charge is 0.257 e. The summed E-state index contributed by atoms with van der Waals surface area (Å²) in [6.07, 6.45) is 6.46. The highest BCUT2D eigenvalue weighted by Gasteiger charge is 2.19. The van der Waals surface area contributed by atoms with Crippen LogP contribution in [0, 0.1) is 17.6 Å². The predicted octanol–water partition coefficient (Wildman–Crippen LogP) is 2.17. The Morgan fingerprint density at radius 1 is 1.09 bits per heavy atom. The number of amides is 2. The zero-order chi connectivity index (χ0) is 15.9. The molecular weight excluding hydrogens is 290 g/mol. The summed E-state index contributed by atoms with van der Waals surface area (Å²) in [5, 5.41) is 5.10. The van der Waals surface area contributed by atoms with Crippen LogP contribution in [0.25, 0.3) is 0 Å². The van der Waals surface area contributed by atoms with E-state index in [4.69, 9.17) is 0 Å². The van der Waals surface area contributed by atoms with Crippen molar-refractivity contribution in [3.8, 4) is 0 Å². The molecule has 2 rings (SSSR count). The Morgan fingerprint density at radius 2 is 1.77 bits per heavy atom. The SMILES string of the molecule is O=C(NCCNC(=O)C1CC=CCC1)c1c(F)cccc1F. The maximum absolute atomic E-state index is 13.4. The van der Waals surface area contributed by atoms with Crippen LogP contribution in [0.15, 0.2) is 30.4 Å². The number of allylic oxidation sites excluding steroid dienone is 2. The predicted molar refractivity (Wildman–Crippen MR) is 78.2 cm³/mol. The first-order chi connectivity index (χ1) is 10.6. The van der Waals surface area contributed by atoms with Crippen LogP contribution in [-0.2, 0) is 4.79 Å². The number of rotatable bonds is 5. The minimum atomic E-state index is -0.907. The van der Waals surface area contributed by atoms with Crippen molar-refractivity contribution in [2.75, 3.05) is 13.1 Å². The standard InChI is InChI=1S/C16H18F2N2O2/c17-12-7-4-8-13(18)14(12)16(22)20-10-9-19-15(21)11-5-2-1-3-6-11/h1-2,4,7-8,11H,3,5-6,9-10H2,(H,19,21)(H,20,22). The summed E-state index contributed by atoms with van der Waals surface area (Å²) in [5.74, 6) is -2.74. The van der Waals surface area contributed by atoms with E-state index in [-0.39, 0.29) is 24.9 Å². The lowest BCUT2D eigenvalue weighted by molar-refractivity contribution is -0.125. The van der Waals surface area contributed by atoms with Gasteiger partial charge in [0.2, 0.25) is 5.91 Å². The molecule has 0 bridgehead atoms. The second-order valence-corrected chi connectivity index (χ2v) is 5.12. The zero-order valence-corrected chi connectivity index (χ0v) is 12.1. The van der Waals surface area contributed by atoms with Crippen molar-refractivity contribution < 1.29 is 18.4 Å². The molecule has 0 aliphatic heterocycles. The van der Waals surface area contributed by atoms with Crippen molar-refractivity contribution in [1.29, 1.82) is 0 Å². The van der Waals surface area contributed by atoms with Gasteiger partial charge in [-0.3, -0.25) is 9.59 Å². The Bertz CT molecular complexity index is 567. The molecule has 0 radical (unpaired) electrons. The van der Waals surface area contributed by atoms with Crippen LogP contribution in [0.1, 0.15) is 29.6 Å². The zero-order valence-electron chi connectivity index (χ0n) is 12.1. The Balaban J connectivity index is 1.75.